The van der Waals surface area contributed by atoms with Crippen molar-refractivity contribution in [3.8, 4) is 11.5 Å². The molecule has 4 aromatic rings. The summed E-state index contributed by atoms with van der Waals surface area (Å²) in [6.07, 6.45) is 1.67. The van der Waals surface area contributed by atoms with Crippen molar-refractivity contribution >= 4 is 29.0 Å². The van der Waals surface area contributed by atoms with Crippen LogP contribution in [0.3, 0.4) is 0 Å². The fraction of sp³-hybridized carbons (Fsp3) is 0.0741. The van der Waals surface area contributed by atoms with Crippen LogP contribution in [0.15, 0.2) is 91.1 Å². The lowest BCUT2D eigenvalue weighted by Crippen LogP contribution is -2.28. The number of fused-ring (bicyclic) bond motifs is 2. The van der Waals surface area contributed by atoms with Crippen molar-refractivity contribution in [1.82, 2.24) is 10.3 Å². The van der Waals surface area contributed by atoms with E-state index in [4.69, 9.17) is 16.3 Å². The Labute approximate surface area is 201 Å². The van der Waals surface area contributed by atoms with Gasteiger partial charge >= 0.3 is 0 Å². The lowest BCUT2D eigenvalue weighted by molar-refractivity contribution is 0.0925. The van der Waals surface area contributed by atoms with Crippen LogP contribution in [0.4, 0.5) is 5.69 Å². The number of pyridine rings is 1. The van der Waals surface area contributed by atoms with Gasteiger partial charge in [0.15, 0.2) is 11.5 Å². The topological polar surface area (TPSA) is 80.3 Å². The standard InChI is InChI=1S/C27H20ClN3O3/c28-17-12-13-24-22(15-17)31-25(21-10-3-4-11-23(21)34-24)26(32)19-8-1-2-9-20(19)27(33)30-16-18-7-5-6-14-29-18/h1-15,25,31H,16H2,(H,30,33). The first-order chi connectivity index (χ1) is 16.6. The van der Waals surface area contributed by atoms with E-state index in [9.17, 15) is 9.59 Å². The highest BCUT2D eigenvalue weighted by Gasteiger charge is 2.31. The van der Waals surface area contributed by atoms with Gasteiger partial charge in [-0.2, -0.15) is 0 Å². The number of amides is 1. The predicted molar refractivity (Wildman–Crippen MR) is 131 cm³/mol. The van der Waals surface area contributed by atoms with Crippen LogP contribution in [0.2, 0.25) is 5.02 Å². The fourth-order valence-electron chi connectivity index (χ4n) is 3.89. The molecule has 6 nitrogen and oxygen atoms in total. The molecule has 168 valence electrons. The molecule has 0 spiro atoms. The Morgan fingerprint density at radius 1 is 0.912 bits per heavy atom. The summed E-state index contributed by atoms with van der Waals surface area (Å²) in [4.78, 5) is 31.1. The van der Waals surface area contributed by atoms with E-state index < -0.39 is 6.04 Å². The van der Waals surface area contributed by atoms with E-state index in [-0.39, 0.29) is 18.2 Å². The zero-order chi connectivity index (χ0) is 23.5. The van der Waals surface area contributed by atoms with Gasteiger partial charge in [-0.25, -0.2) is 0 Å². The summed E-state index contributed by atoms with van der Waals surface area (Å²) in [5, 5.41) is 6.64. The smallest absolute Gasteiger partial charge is 0.252 e. The third kappa shape index (κ3) is 4.36. The third-order valence-electron chi connectivity index (χ3n) is 5.55. The van der Waals surface area contributed by atoms with Crippen LogP contribution in [-0.2, 0) is 6.54 Å². The molecule has 1 amide bonds. The molecule has 7 heteroatoms. The number of para-hydroxylation sites is 1. The number of ketones is 1. The maximum absolute atomic E-state index is 13.9. The zero-order valence-corrected chi connectivity index (χ0v) is 18.8. The fourth-order valence-corrected chi connectivity index (χ4v) is 4.07. The van der Waals surface area contributed by atoms with Crippen LogP contribution in [0.5, 0.6) is 11.5 Å². The number of nitrogens with zero attached hydrogens (tertiary/aromatic N) is 1. The molecule has 1 aliphatic rings. The van der Waals surface area contributed by atoms with Crippen LogP contribution in [-0.4, -0.2) is 16.7 Å². The molecule has 0 saturated heterocycles. The van der Waals surface area contributed by atoms with E-state index in [0.717, 1.165) is 5.69 Å². The number of carbonyl (C=O) groups is 2. The monoisotopic (exact) mass is 469 g/mol. The summed E-state index contributed by atoms with van der Waals surface area (Å²) >= 11 is 6.20. The van der Waals surface area contributed by atoms with E-state index in [1.54, 1.807) is 48.7 Å². The summed E-state index contributed by atoms with van der Waals surface area (Å²) in [5.41, 5.74) is 2.59. The number of halogens is 1. The minimum absolute atomic E-state index is 0.256. The average molecular weight is 470 g/mol. The summed E-state index contributed by atoms with van der Waals surface area (Å²) < 4.78 is 6.08. The Hall–Kier alpha value is -4.16. The number of hydrogen-bond acceptors (Lipinski definition) is 5. The average Bonchev–Trinajstić information content (AvgIpc) is 3.04. The SMILES string of the molecule is O=C(NCc1ccccn1)c1ccccc1C(=O)C1Nc2cc(Cl)ccc2Oc2ccccc21. The maximum atomic E-state index is 13.9. The van der Waals surface area contributed by atoms with Crippen molar-refractivity contribution in [2.24, 2.45) is 0 Å². The quantitative estimate of drug-likeness (QED) is 0.361. The van der Waals surface area contributed by atoms with Crippen LogP contribution in [0, 0.1) is 0 Å². The number of nitrogens with one attached hydrogen (secondary N) is 2. The molecule has 3 aromatic carbocycles. The lowest BCUT2D eigenvalue weighted by Gasteiger charge is -2.19. The molecule has 0 bridgehead atoms. The molecule has 1 aromatic heterocycles. The first-order valence-corrected chi connectivity index (χ1v) is 11.1. The highest BCUT2D eigenvalue weighted by Crippen LogP contribution is 2.42. The molecule has 0 fully saturated rings. The maximum Gasteiger partial charge on any atom is 0.252 e. The minimum Gasteiger partial charge on any atom is -0.455 e. The second kappa shape index (κ2) is 9.37. The molecular weight excluding hydrogens is 450 g/mol. The van der Waals surface area contributed by atoms with Crippen LogP contribution < -0.4 is 15.4 Å². The minimum atomic E-state index is -0.777. The van der Waals surface area contributed by atoms with E-state index in [1.807, 2.05) is 42.5 Å². The van der Waals surface area contributed by atoms with Gasteiger partial charge < -0.3 is 15.4 Å². The molecule has 0 radical (unpaired) electrons. The van der Waals surface area contributed by atoms with Crippen LogP contribution in [0.1, 0.15) is 38.0 Å². The molecule has 0 saturated carbocycles. The summed E-state index contributed by atoms with van der Waals surface area (Å²) in [5.74, 6) is 0.517. The van der Waals surface area contributed by atoms with E-state index in [1.165, 1.54) is 0 Å². The van der Waals surface area contributed by atoms with Crippen LogP contribution >= 0.6 is 11.6 Å². The number of Topliss-reactive ketones (excluding diaryl/α,β-unsaturated/α-hetero) is 1. The second-order valence-electron chi connectivity index (χ2n) is 7.77. The van der Waals surface area contributed by atoms with Gasteiger partial charge in [-0.3, -0.25) is 14.6 Å². The number of ether oxygens (including phenoxy) is 1. The number of hydrogen-bond donors (Lipinski definition) is 2. The van der Waals surface area contributed by atoms with Gasteiger partial charge in [-0.1, -0.05) is 54.1 Å². The molecule has 2 heterocycles. The first-order valence-electron chi connectivity index (χ1n) is 10.7. The van der Waals surface area contributed by atoms with Gasteiger partial charge in [0.2, 0.25) is 0 Å². The number of benzene rings is 3. The van der Waals surface area contributed by atoms with Crippen LogP contribution in [0.25, 0.3) is 0 Å². The van der Waals surface area contributed by atoms with Gasteiger partial charge in [0.05, 0.1) is 23.5 Å². The highest BCUT2D eigenvalue weighted by atomic mass is 35.5. The van der Waals surface area contributed by atoms with Crippen molar-refractivity contribution in [1.29, 1.82) is 0 Å². The first kappa shape index (κ1) is 21.7. The van der Waals surface area contributed by atoms with Gasteiger partial charge in [-0.15, -0.1) is 0 Å². The Bertz CT molecular complexity index is 1370. The van der Waals surface area contributed by atoms with Crippen molar-refractivity contribution in [3.63, 3.8) is 0 Å². The third-order valence-corrected chi connectivity index (χ3v) is 5.78. The molecule has 5 rings (SSSR count). The van der Waals surface area contributed by atoms with E-state index >= 15 is 0 Å². The van der Waals surface area contributed by atoms with Crippen molar-refractivity contribution in [3.05, 3.63) is 119 Å². The molecular formula is C27H20ClN3O3. The Kier molecular flexibility index (Phi) is 5.97. The zero-order valence-electron chi connectivity index (χ0n) is 18.0. The highest BCUT2D eigenvalue weighted by molar-refractivity contribution is 6.31. The Balaban J connectivity index is 1.49. The molecule has 0 aliphatic carbocycles. The molecule has 34 heavy (non-hydrogen) atoms. The summed E-state index contributed by atoms with van der Waals surface area (Å²) in [7, 11) is 0. The van der Waals surface area contributed by atoms with Gasteiger partial charge in [0, 0.05) is 22.3 Å². The van der Waals surface area contributed by atoms with Gasteiger partial charge in [0.1, 0.15) is 11.8 Å². The molecule has 1 unspecified atom stereocenters. The van der Waals surface area contributed by atoms with Crippen molar-refractivity contribution in [2.75, 3.05) is 5.32 Å². The lowest BCUT2D eigenvalue weighted by atomic mass is 9.93. The number of rotatable bonds is 5. The van der Waals surface area contributed by atoms with Crippen molar-refractivity contribution in [2.45, 2.75) is 12.6 Å². The van der Waals surface area contributed by atoms with Gasteiger partial charge in [-0.05, 0) is 42.5 Å². The number of aromatic nitrogens is 1. The summed E-state index contributed by atoms with van der Waals surface area (Å²) in [6, 6.07) is 24.0. The molecule has 1 aliphatic heterocycles. The van der Waals surface area contributed by atoms with Gasteiger partial charge in [0.25, 0.3) is 5.91 Å². The van der Waals surface area contributed by atoms with Crippen molar-refractivity contribution < 1.29 is 14.3 Å². The van der Waals surface area contributed by atoms with E-state index in [0.29, 0.717) is 38.9 Å². The Morgan fingerprint density at radius 2 is 1.68 bits per heavy atom. The number of carbonyl (C=O) groups excluding carboxylic acids is 2. The molecule has 1 atom stereocenters. The Morgan fingerprint density at radius 3 is 2.50 bits per heavy atom. The normalized spacial score (nSPS) is 14.0. The molecule has 2 N–H and O–H groups in total. The predicted octanol–water partition coefficient (Wildman–Crippen LogP) is 5.81. The second-order valence-corrected chi connectivity index (χ2v) is 8.21. The largest absolute Gasteiger partial charge is 0.455 e. The van der Waals surface area contributed by atoms with E-state index in [2.05, 4.69) is 15.6 Å². The summed E-state index contributed by atoms with van der Waals surface area (Å²) in [6.45, 7) is 0.256. The number of anilines is 1.